The van der Waals surface area contributed by atoms with Crippen molar-refractivity contribution in [3.8, 4) is 0 Å². The highest BCUT2D eigenvalue weighted by Crippen LogP contribution is 2.29. The zero-order valence-corrected chi connectivity index (χ0v) is 13.5. The Kier molecular flexibility index (Phi) is 6.89. The second-order valence-corrected chi connectivity index (χ2v) is 6.62. The Morgan fingerprint density at radius 1 is 1.52 bits per heavy atom. The molecule has 21 heavy (non-hydrogen) atoms. The molecule has 1 aromatic rings. The molecule has 1 aromatic heterocycles. The summed E-state index contributed by atoms with van der Waals surface area (Å²) in [4.78, 5) is 13.7. The molecular formula is C15H26N2O3S. The van der Waals surface area contributed by atoms with Crippen LogP contribution in [0.15, 0.2) is 10.2 Å². The lowest BCUT2D eigenvalue weighted by Crippen LogP contribution is -2.35. The van der Waals surface area contributed by atoms with Crippen molar-refractivity contribution in [1.82, 2.24) is 10.3 Å². The third-order valence-corrected chi connectivity index (χ3v) is 4.85. The van der Waals surface area contributed by atoms with Gasteiger partial charge < -0.3 is 20.1 Å². The average Bonchev–Trinajstić information content (AvgIpc) is 2.91. The van der Waals surface area contributed by atoms with Crippen molar-refractivity contribution >= 4 is 11.3 Å². The van der Waals surface area contributed by atoms with Gasteiger partial charge >= 0.3 is 4.87 Å². The van der Waals surface area contributed by atoms with Crippen LogP contribution in [-0.4, -0.2) is 35.5 Å². The number of aliphatic hydroxyl groups excluding tert-OH is 1. The molecule has 3 unspecified atom stereocenters. The van der Waals surface area contributed by atoms with Crippen LogP contribution in [0, 0.1) is 5.92 Å². The monoisotopic (exact) mass is 314 g/mol. The molecule has 0 radical (unpaired) electrons. The number of ether oxygens (including phenoxy) is 1. The largest absolute Gasteiger partial charge is 0.389 e. The molecule has 3 N–H and O–H groups in total. The maximum atomic E-state index is 11.0. The van der Waals surface area contributed by atoms with Gasteiger partial charge in [-0.05, 0) is 18.8 Å². The van der Waals surface area contributed by atoms with E-state index >= 15 is 0 Å². The number of rotatable bonds is 8. The Hall–Kier alpha value is -0.690. The minimum Gasteiger partial charge on any atom is -0.389 e. The standard InChI is InChI=1S/C15H26N2O3S/c1-2-11-5-3-4-6-14(11)20-9-13(18)8-16-7-12-10-21-15(19)17-12/h10-11,13-14,16,18H,2-9H2,1H3,(H,17,19). The van der Waals surface area contributed by atoms with Gasteiger partial charge in [-0.15, -0.1) is 0 Å². The Morgan fingerprint density at radius 3 is 3.05 bits per heavy atom. The number of H-pyrrole nitrogens is 1. The highest BCUT2D eigenvalue weighted by molar-refractivity contribution is 7.07. The van der Waals surface area contributed by atoms with E-state index in [9.17, 15) is 9.90 Å². The van der Waals surface area contributed by atoms with Crippen LogP contribution >= 0.6 is 11.3 Å². The summed E-state index contributed by atoms with van der Waals surface area (Å²) in [5.74, 6) is 0.648. The van der Waals surface area contributed by atoms with Crippen molar-refractivity contribution in [3.63, 3.8) is 0 Å². The minimum absolute atomic E-state index is 0.0430. The van der Waals surface area contributed by atoms with E-state index in [1.807, 2.05) is 0 Å². The quantitative estimate of drug-likeness (QED) is 0.685. The van der Waals surface area contributed by atoms with Gasteiger partial charge in [0.15, 0.2) is 0 Å². The lowest BCUT2D eigenvalue weighted by Gasteiger charge is -2.31. The van der Waals surface area contributed by atoms with Crippen molar-refractivity contribution in [1.29, 1.82) is 0 Å². The van der Waals surface area contributed by atoms with Gasteiger partial charge in [-0.1, -0.05) is 37.5 Å². The summed E-state index contributed by atoms with van der Waals surface area (Å²) in [6.45, 7) is 3.64. The van der Waals surface area contributed by atoms with Gasteiger partial charge in [0.1, 0.15) is 0 Å². The molecule has 6 heteroatoms. The smallest absolute Gasteiger partial charge is 0.304 e. The fourth-order valence-electron chi connectivity index (χ4n) is 2.93. The first-order valence-corrected chi connectivity index (χ1v) is 8.74. The third-order valence-electron chi connectivity index (χ3n) is 4.13. The second kappa shape index (κ2) is 8.68. The fraction of sp³-hybridized carbons (Fsp3) is 0.800. The van der Waals surface area contributed by atoms with Crippen molar-refractivity contribution in [2.75, 3.05) is 13.2 Å². The summed E-state index contributed by atoms with van der Waals surface area (Å²) in [6, 6.07) is 0. The Labute approximate surface area is 129 Å². The molecule has 0 bridgehead atoms. The number of hydrogen-bond acceptors (Lipinski definition) is 5. The van der Waals surface area contributed by atoms with Crippen LogP contribution in [0.3, 0.4) is 0 Å². The zero-order chi connectivity index (χ0) is 15.1. The van der Waals surface area contributed by atoms with E-state index in [0.717, 1.165) is 29.9 Å². The molecule has 2 rings (SSSR count). The number of thiazole rings is 1. The van der Waals surface area contributed by atoms with Crippen molar-refractivity contribution in [3.05, 3.63) is 20.7 Å². The van der Waals surface area contributed by atoms with Crippen LogP contribution in [0.4, 0.5) is 0 Å². The molecule has 0 saturated heterocycles. The van der Waals surface area contributed by atoms with Crippen LogP contribution in [0.5, 0.6) is 0 Å². The van der Waals surface area contributed by atoms with Crippen LogP contribution < -0.4 is 10.2 Å². The molecule has 0 aromatic carbocycles. The molecule has 5 nitrogen and oxygen atoms in total. The predicted octanol–water partition coefficient (Wildman–Crippen LogP) is 1.87. The second-order valence-electron chi connectivity index (χ2n) is 5.78. The fourth-order valence-corrected chi connectivity index (χ4v) is 3.51. The molecule has 0 amide bonds. The number of aromatic nitrogens is 1. The summed E-state index contributed by atoms with van der Waals surface area (Å²) >= 11 is 1.16. The summed E-state index contributed by atoms with van der Waals surface area (Å²) in [5, 5.41) is 14.9. The number of hydrogen-bond donors (Lipinski definition) is 3. The normalized spacial score (nSPS) is 24.1. The summed E-state index contributed by atoms with van der Waals surface area (Å²) in [7, 11) is 0. The van der Waals surface area contributed by atoms with Gasteiger partial charge in [-0.3, -0.25) is 4.79 Å². The summed E-state index contributed by atoms with van der Waals surface area (Å²) < 4.78 is 5.91. The molecule has 3 atom stereocenters. The van der Waals surface area contributed by atoms with Crippen molar-refractivity contribution in [2.24, 2.45) is 5.92 Å². The van der Waals surface area contributed by atoms with E-state index in [1.54, 1.807) is 5.38 Å². The highest BCUT2D eigenvalue weighted by Gasteiger charge is 2.24. The Bertz CT molecular complexity index is 460. The average molecular weight is 314 g/mol. The number of nitrogens with one attached hydrogen (secondary N) is 2. The summed E-state index contributed by atoms with van der Waals surface area (Å²) in [5.41, 5.74) is 0.858. The zero-order valence-electron chi connectivity index (χ0n) is 12.6. The van der Waals surface area contributed by atoms with Crippen molar-refractivity contribution in [2.45, 2.75) is 57.8 Å². The first-order chi connectivity index (χ1) is 10.2. The minimum atomic E-state index is -0.505. The third kappa shape index (κ3) is 5.54. The van der Waals surface area contributed by atoms with E-state index in [-0.39, 0.29) is 4.87 Å². The van der Waals surface area contributed by atoms with Gasteiger partial charge in [0.2, 0.25) is 0 Å². The number of aliphatic hydroxyl groups is 1. The first-order valence-electron chi connectivity index (χ1n) is 7.86. The van der Waals surface area contributed by atoms with E-state index in [4.69, 9.17) is 4.74 Å². The molecule has 1 fully saturated rings. The molecule has 120 valence electrons. The maximum absolute atomic E-state index is 11.0. The molecule has 1 heterocycles. The molecule has 0 spiro atoms. The van der Waals surface area contributed by atoms with Crippen molar-refractivity contribution < 1.29 is 9.84 Å². The molecule has 1 saturated carbocycles. The lowest BCUT2D eigenvalue weighted by molar-refractivity contribution is -0.0499. The lowest BCUT2D eigenvalue weighted by atomic mass is 9.85. The van der Waals surface area contributed by atoms with Gasteiger partial charge in [0, 0.05) is 24.2 Å². The topological polar surface area (TPSA) is 74.3 Å². The molecular weight excluding hydrogens is 288 g/mol. The first kappa shape index (κ1) is 16.7. The SMILES string of the molecule is CCC1CCCCC1OCC(O)CNCc1csc(=O)[nH]1. The van der Waals surface area contributed by atoms with Crippen LogP contribution in [-0.2, 0) is 11.3 Å². The van der Waals surface area contributed by atoms with Gasteiger partial charge in [-0.2, -0.15) is 0 Å². The van der Waals surface area contributed by atoms with E-state index in [0.29, 0.717) is 31.7 Å². The summed E-state index contributed by atoms with van der Waals surface area (Å²) in [6.07, 6.45) is 5.88. The molecule has 1 aliphatic carbocycles. The van der Waals surface area contributed by atoms with E-state index in [2.05, 4.69) is 17.2 Å². The molecule has 1 aliphatic rings. The van der Waals surface area contributed by atoms with Gasteiger partial charge in [0.05, 0.1) is 18.8 Å². The van der Waals surface area contributed by atoms with Crippen LogP contribution in [0.25, 0.3) is 0 Å². The highest BCUT2D eigenvalue weighted by atomic mass is 32.1. The predicted molar refractivity (Wildman–Crippen MR) is 84.6 cm³/mol. The van der Waals surface area contributed by atoms with Crippen LogP contribution in [0.1, 0.15) is 44.7 Å². The van der Waals surface area contributed by atoms with E-state index in [1.165, 1.54) is 19.3 Å². The number of aromatic amines is 1. The van der Waals surface area contributed by atoms with Gasteiger partial charge in [-0.25, -0.2) is 0 Å². The Morgan fingerprint density at radius 2 is 2.33 bits per heavy atom. The Balaban J connectivity index is 1.62. The maximum Gasteiger partial charge on any atom is 0.304 e. The van der Waals surface area contributed by atoms with Crippen LogP contribution in [0.2, 0.25) is 0 Å². The van der Waals surface area contributed by atoms with E-state index < -0.39 is 6.10 Å². The van der Waals surface area contributed by atoms with Gasteiger partial charge in [0.25, 0.3) is 0 Å². The molecule has 0 aliphatic heterocycles.